The van der Waals surface area contributed by atoms with Crippen LogP contribution in [0.3, 0.4) is 0 Å². The summed E-state index contributed by atoms with van der Waals surface area (Å²) < 4.78 is 7.07. The molecule has 5 atom stereocenters. The minimum atomic E-state index is -1.50. The first-order valence-electron chi connectivity index (χ1n) is 9.64. The van der Waals surface area contributed by atoms with Crippen LogP contribution in [-0.2, 0) is 4.74 Å². The largest absolute Gasteiger partial charge is 0.494 e. The number of aromatic hydroxyl groups is 1. The Hall–Kier alpha value is -3.04. The molecule has 0 radical (unpaired) electrons. The molecule has 1 fully saturated rings. The van der Waals surface area contributed by atoms with E-state index in [1.807, 2.05) is 0 Å². The number of carbonyl (C=O) groups is 1. The van der Waals surface area contributed by atoms with Gasteiger partial charge in [-0.1, -0.05) is 30.3 Å². The van der Waals surface area contributed by atoms with Gasteiger partial charge in [0.15, 0.2) is 6.23 Å². The standard InChI is InChI=1S/C22H20N2O6/c1-10-17(25)19(27)20(28)22(30-10)24-14-9-5-3-7-12(14)15(21(24)29)16-18(26)11-6-2-4-8-13(11)23-16/h2-10,17,19-20,22,25,27-29H,1H3/t10-,17-,19+,20+,22+/m0/s1. The van der Waals surface area contributed by atoms with E-state index >= 15 is 0 Å². The molecule has 2 aliphatic heterocycles. The summed E-state index contributed by atoms with van der Waals surface area (Å²) in [5.74, 6) is -0.617. The molecular weight excluding hydrogens is 388 g/mol. The van der Waals surface area contributed by atoms with Crippen LogP contribution in [-0.4, -0.2) is 60.9 Å². The first kappa shape index (κ1) is 19.0. The quantitative estimate of drug-likeness (QED) is 0.511. The zero-order valence-electron chi connectivity index (χ0n) is 16.0. The van der Waals surface area contributed by atoms with Crippen molar-refractivity contribution < 1.29 is 30.0 Å². The molecular formula is C22H20N2O6. The van der Waals surface area contributed by atoms with Crippen molar-refractivity contribution >= 4 is 28.1 Å². The van der Waals surface area contributed by atoms with Crippen molar-refractivity contribution in [1.29, 1.82) is 0 Å². The summed E-state index contributed by atoms with van der Waals surface area (Å²) in [4.78, 5) is 17.4. The Balaban J connectivity index is 1.70. The molecule has 154 valence electrons. The Morgan fingerprint density at radius 2 is 1.67 bits per heavy atom. The van der Waals surface area contributed by atoms with Crippen LogP contribution in [0.5, 0.6) is 5.88 Å². The number of aliphatic hydroxyl groups excluding tert-OH is 3. The monoisotopic (exact) mass is 408 g/mol. The molecule has 0 saturated carbocycles. The highest BCUT2D eigenvalue weighted by atomic mass is 16.5. The Morgan fingerprint density at radius 1 is 0.967 bits per heavy atom. The van der Waals surface area contributed by atoms with Crippen molar-refractivity contribution in [3.8, 4) is 5.88 Å². The summed E-state index contributed by atoms with van der Waals surface area (Å²) in [7, 11) is 0. The van der Waals surface area contributed by atoms with Gasteiger partial charge in [-0.15, -0.1) is 0 Å². The number of Topliss-reactive ketones (excluding diaryl/α,β-unsaturated/α-hetero) is 1. The maximum atomic E-state index is 13.0. The van der Waals surface area contributed by atoms with Gasteiger partial charge in [0.2, 0.25) is 11.7 Å². The Labute approximate surface area is 171 Å². The van der Waals surface area contributed by atoms with E-state index in [2.05, 4.69) is 4.99 Å². The zero-order chi connectivity index (χ0) is 21.2. The van der Waals surface area contributed by atoms with Gasteiger partial charge in [-0.2, -0.15) is 0 Å². The number of benzene rings is 2. The van der Waals surface area contributed by atoms with Crippen LogP contribution < -0.4 is 0 Å². The number of aliphatic hydroxyl groups is 3. The summed E-state index contributed by atoms with van der Waals surface area (Å²) in [6.07, 6.45) is -6.18. The molecule has 3 heterocycles. The predicted octanol–water partition coefficient (Wildman–Crippen LogP) is 1.66. The van der Waals surface area contributed by atoms with Gasteiger partial charge in [0.25, 0.3) is 0 Å². The van der Waals surface area contributed by atoms with Crippen molar-refractivity contribution in [3.63, 3.8) is 0 Å². The Morgan fingerprint density at radius 3 is 2.43 bits per heavy atom. The molecule has 0 amide bonds. The Kier molecular flexibility index (Phi) is 4.26. The van der Waals surface area contributed by atoms with Gasteiger partial charge in [0, 0.05) is 10.9 Å². The number of hydrogen-bond donors (Lipinski definition) is 4. The molecule has 4 N–H and O–H groups in total. The van der Waals surface area contributed by atoms with E-state index in [-0.39, 0.29) is 22.9 Å². The summed E-state index contributed by atoms with van der Waals surface area (Å²) >= 11 is 0. The molecule has 2 aromatic carbocycles. The highest BCUT2D eigenvalue weighted by Gasteiger charge is 2.44. The number of aromatic nitrogens is 1. The van der Waals surface area contributed by atoms with Gasteiger partial charge >= 0.3 is 0 Å². The number of hydrogen-bond acceptors (Lipinski definition) is 7. The topological polar surface area (TPSA) is 125 Å². The number of carbonyl (C=O) groups excluding carboxylic acids is 1. The smallest absolute Gasteiger partial charge is 0.214 e. The second kappa shape index (κ2) is 6.75. The van der Waals surface area contributed by atoms with Crippen LogP contribution in [0.1, 0.15) is 29.1 Å². The number of para-hydroxylation sites is 2. The molecule has 2 aliphatic rings. The minimum Gasteiger partial charge on any atom is -0.494 e. The molecule has 0 unspecified atom stereocenters. The minimum absolute atomic E-state index is 0.0996. The molecule has 8 nitrogen and oxygen atoms in total. The lowest BCUT2D eigenvalue weighted by Crippen LogP contribution is -2.54. The fourth-order valence-electron chi connectivity index (χ4n) is 4.22. The highest BCUT2D eigenvalue weighted by molar-refractivity contribution is 6.56. The lowest BCUT2D eigenvalue weighted by molar-refractivity contribution is -0.239. The SMILES string of the molecule is C[C@@H]1O[C@@H](n2c(O)c(C3=Nc4ccccc4C3=O)c3ccccc32)[C@H](O)[C@H](O)[C@H]1O. The van der Waals surface area contributed by atoms with Crippen LogP contribution in [0.2, 0.25) is 0 Å². The predicted molar refractivity (Wildman–Crippen MR) is 108 cm³/mol. The lowest BCUT2D eigenvalue weighted by atomic mass is 9.99. The first-order valence-corrected chi connectivity index (χ1v) is 9.64. The summed E-state index contributed by atoms with van der Waals surface area (Å²) in [5.41, 5.74) is 1.80. The van der Waals surface area contributed by atoms with E-state index < -0.39 is 30.6 Å². The average Bonchev–Trinajstić information content (AvgIpc) is 3.23. The number of ketones is 1. The maximum absolute atomic E-state index is 13.0. The average molecular weight is 408 g/mol. The summed E-state index contributed by atoms with van der Waals surface area (Å²) in [6, 6.07) is 13.9. The molecule has 1 saturated heterocycles. The molecule has 0 aliphatic carbocycles. The van der Waals surface area contributed by atoms with Crippen LogP contribution >= 0.6 is 0 Å². The molecule has 30 heavy (non-hydrogen) atoms. The third kappa shape index (κ3) is 2.55. The number of rotatable bonds is 2. The van der Waals surface area contributed by atoms with Crippen molar-refractivity contribution in [3.05, 3.63) is 59.7 Å². The molecule has 3 aromatic rings. The Bertz CT molecular complexity index is 1200. The summed E-state index contributed by atoms with van der Waals surface area (Å²) in [5, 5.41) is 42.5. The fourth-order valence-corrected chi connectivity index (χ4v) is 4.22. The zero-order valence-corrected chi connectivity index (χ0v) is 16.0. The fraction of sp³-hybridized carbons (Fsp3) is 0.273. The van der Waals surface area contributed by atoms with Gasteiger partial charge in [-0.05, 0) is 25.1 Å². The van der Waals surface area contributed by atoms with Gasteiger partial charge in [-0.3, -0.25) is 9.36 Å². The van der Waals surface area contributed by atoms with Crippen LogP contribution in [0.4, 0.5) is 5.69 Å². The summed E-state index contributed by atoms with van der Waals surface area (Å²) in [6.45, 7) is 1.57. The lowest BCUT2D eigenvalue weighted by Gasteiger charge is -2.40. The van der Waals surface area contributed by atoms with Crippen molar-refractivity contribution in [1.82, 2.24) is 4.57 Å². The van der Waals surface area contributed by atoms with Crippen LogP contribution in [0.25, 0.3) is 10.9 Å². The third-order valence-corrected chi connectivity index (χ3v) is 5.80. The van der Waals surface area contributed by atoms with Gasteiger partial charge < -0.3 is 25.2 Å². The van der Waals surface area contributed by atoms with E-state index in [0.29, 0.717) is 22.2 Å². The van der Waals surface area contributed by atoms with E-state index in [4.69, 9.17) is 4.74 Å². The highest BCUT2D eigenvalue weighted by Crippen LogP contribution is 2.41. The van der Waals surface area contributed by atoms with E-state index in [1.165, 1.54) is 4.57 Å². The van der Waals surface area contributed by atoms with E-state index in [0.717, 1.165) is 0 Å². The molecule has 1 aromatic heterocycles. The number of ether oxygens (including phenoxy) is 1. The number of nitrogens with zero attached hydrogens (tertiary/aromatic N) is 2. The van der Waals surface area contributed by atoms with Crippen molar-refractivity contribution in [2.75, 3.05) is 0 Å². The number of fused-ring (bicyclic) bond motifs is 2. The second-order valence-corrected chi connectivity index (χ2v) is 7.60. The van der Waals surface area contributed by atoms with Gasteiger partial charge in [0.05, 0.1) is 22.9 Å². The van der Waals surface area contributed by atoms with E-state index in [9.17, 15) is 25.2 Å². The second-order valence-electron chi connectivity index (χ2n) is 7.60. The number of aliphatic imine (C=N–C) groups is 1. The van der Waals surface area contributed by atoms with Gasteiger partial charge in [-0.25, -0.2) is 4.99 Å². The van der Waals surface area contributed by atoms with E-state index in [1.54, 1.807) is 55.5 Å². The van der Waals surface area contributed by atoms with Crippen LogP contribution in [0.15, 0.2) is 53.5 Å². The van der Waals surface area contributed by atoms with Crippen molar-refractivity contribution in [2.24, 2.45) is 4.99 Å². The van der Waals surface area contributed by atoms with Crippen molar-refractivity contribution in [2.45, 2.75) is 37.6 Å². The normalized spacial score (nSPS) is 28.6. The molecule has 0 spiro atoms. The molecule has 8 heteroatoms. The molecule has 5 rings (SSSR count). The third-order valence-electron chi connectivity index (χ3n) is 5.80. The first-order chi connectivity index (χ1) is 14.4. The van der Waals surface area contributed by atoms with Gasteiger partial charge in [0.1, 0.15) is 24.0 Å². The van der Waals surface area contributed by atoms with Crippen LogP contribution in [0, 0.1) is 0 Å². The maximum Gasteiger partial charge on any atom is 0.214 e. The molecule has 0 bridgehead atoms.